The minimum absolute atomic E-state index is 0.0922. The molecule has 30 heavy (non-hydrogen) atoms. The molecule has 0 amide bonds. The molecule has 0 saturated heterocycles. The van der Waals surface area contributed by atoms with Crippen LogP contribution in [0.3, 0.4) is 0 Å². The first-order valence-electron chi connectivity index (χ1n) is 8.94. The second-order valence-corrected chi connectivity index (χ2v) is 6.52. The molecule has 2 aromatic carbocycles. The molecule has 0 radical (unpaired) electrons. The number of nitro groups is 1. The smallest absolute Gasteiger partial charge is 0.282 e. The van der Waals surface area contributed by atoms with E-state index in [4.69, 9.17) is 0 Å². The summed E-state index contributed by atoms with van der Waals surface area (Å²) >= 11 is 0. The Balaban J connectivity index is 2.16. The lowest BCUT2D eigenvalue weighted by Crippen LogP contribution is -2.25. The lowest BCUT2D eigenvalue weighted by molar-refractivity contribution is -0.384. The lowest BCUT2D eigenvalue weighted by atomic mass is 10.1. The summed E-state index contributed by atoms with van der Waals surface area (Å²) in [6.07, 6.45) is 0. The maximum atomic E-state index is 13.1. The molecule has 0 spiro atoms. The number of nitriles is 1. The molecule has 3 rings (SSSR count). The Hall–Kier alpha value is -4.32. The van der Waals surface area contributed by atoms with E-state index in [9.17, 15) is 25.3 Å². The highest BCUT2D eigenvalue weighted by atomic mass is 16.6. The van der Waals surface area contributed by atoms with E-state index in [-0.39, 0.29) is 28.2 Å². The average Bonchev–Trinajstić information content (AvgIpc) is 2.74. The Morgan fingerprint density at radius 1 is 1.17 bits per heavy atom. The first-order valence-corrected chi connectivity index (χ1v) is 8.94. The van der Waals surface area contributed by atoms with E-state index in [1.54, 1.807) is 31.2 Å². The zero-order valence-electron chi connectivity index (χ0n) is 16.2. The molecule has 1 aromatic heterocycles. The van der Waals surface area contributed by atoms with Crippen LogP contribution in [0.15, 0.2) is 69.6 Å². The van der Waals surface area contributed by atoms with Crippen LogP contribution in [0.5, 0.6) is 5.88 Å². The van der Waals surface area contributed by atoms with Crippen molar-refractivity contribution >= 4 is 17.1 Å². The highest BCUT2D eigenvalue weighted by Crippen LogP contribution is 2.31. The van der Waals surface area contributed by atoms with Crippen LogP contribution in [-0.4, -0.2) is 14.6 Å². The minimum Gasteiger partial charge on any atom is -0.493 e. The molecule has 9 nitrogen and oxygen atoms in total. The third-order valence-corrected chi connectivity index (χ3v) is 4.69. The van der Waals surface area contributed by atoms with Crippen LogP contribution in [0.25, 0.3) is 0 Å². The van der Waals surface area contributed by atoms with E-state index in [1.165, 1.54) is 31.2 Å². The third kappa shape index (κ3) is 3.79. The number of nitrogens with zero attached hydrogens (tertiary/aromatic N) is 5. The summed E-state index contributed by atoms with van der Waals surface area (Å²) in [7, 11) is 0. The van der Waals surface area contributed by atoms with Crippen LogP contribution >= 0.6 is 0 Å². The van der Waals surface area contributed by atoms with Gasteiger partial charge < -0.3 is 5.11 Å². The fraction of sp³-hybridized carbons (Fsp3) is 0.143. The number of hydrogen-bond donors (Lipinski definition) is 1. The van der Waals surface area contributed by atoms with Gasteiger partial charge in [0.2, 0.25) is 5.88 Å². The number of aromatic hydroxyl groups is 1. The molecular formula is C21H17N5O4. The molecule has 1 N–H and O–H groups in total. The van der Waals surface area contributed by atoms with Crippen molar-refractivity contribution in [1.29, 1.82) is 5.26 Å². The van der Waals surface area contributed by atoms with Crippen LogP contribution in [0.2, 0.25) is 0 Å². The van der Waals surface area contributed by atoms with E-state index in [0.29, 0.717) is 0 Å². The van der Waals surface area contributed by atoms with Crippen molar-refractivity contribution in [2.45, 2.75) is 19.9 Å². The molecule has 0 bridgehead atoms. The third-order valence-electron chi connectivity index (χ3n) is 4.69. The molecule has 0 aliphatic carbocycles. The fourth-order valence-electron chi connectivity index (χ4n) is 3.05. The SMILES string of the molecule is Cc1c(C#N)c(O)n(C(C)c2ccccc2)c(=O)c1N=Nc1cccc([N+](=O)[O-])c1. The first-order chi connectivity index (χ1) is 14.3. The predicted molar refractivity (Wildman–Crippen MR) is 109 cm³/mol. The Labute approximate surface area is 171 Å². The number of nitro benzene ring substituents is 1. The van der Waals surface area contributed by atoms with Gasteiger partial charge in [-0.15, -0.1) is 5.11 Å². The Morgan fingerprint density at radius 3 is 2.50 bits per heavy atom. The van der Waals surface area contributed by atoms with Gasteiger partial charge >= 0.3 is 0 Å². The van der Waals surface area contributed by atoms with Gasteiger partial charge in [-0.25, -0.2) is 0 Å². The van der Waals surface area contributed by atoms with Crippen LogP contribution in [0.4, 0.5) is 17.1 Å². The molecule has 3 aromatic rings. The number of azo groups is 1. The highest BCUT2D eigenvalue weighted by molar-refractivity contribution is 5.57. The zero-order valence-corrected chi connectivity index (χ0v) is 16.2. The normalized spacial score (nSPS) is 11.9. The lowest BCUT2D eigenvalue weighted by Gasteiger charge is -2.19. The Kier molecular flexibility index (Phi) is 5.69. The summed E-state index contributed by atoms with van der Waals surface area (Å²) in [5.74, 6) is -0.453. The standard InChI is InChI=1S/C21H17N5O4/c1-13-18(12-22)20(27)25(14(2)15-7-4-3-5-8-15)21(28)19(13)24-23-16-9-6-10-17(11-16)26(29)30/h3-11,14,27H,1-2H3. The molecule has 1 heterocycles. The summed E-state index contributed by atoms with van der Waals surface area (Å²) in [6, 6.07) is 15.8. The molecule has 0 saturated carbocycles. The molecule has 150 valence electrons. The maximum Gasteiger partial charge on any atom is 0.282 e. The van der Waals surface area contributed by atoms with E-state index >= 15 is 0 Å². The Bertz CT molecular complexity index is 1240. The molecule has 0 aliphatic rings. The van der Waals surface area contributed by atoms with Gasteiger partial charge in [-0.1, -0.05) is 36.4 Å². The van der Waals surface area contributed by atoms with Gasteiger partial charge in [0.1, 0.15) is 11.6 Å². The van der Waals surface area contributed by atoms with Gasteiger partial charge in [-0.3, -0.25) is 19.5 Å². The summed E-state index contributed by atoms with van der Waals surface area (Å²) in [4.78, 5) is 23.5. The van der Waals surface area contributed by atoms with Gasteiger partial charge in [0, 0.05) is 17.7 Å². The average molecular weight is 403 g/mol. The number of rotatable bonds is 5. The van der Waals surface area contributed by atoms with Crippen molar-refractivity contribution in [3.63, 3.8) is 0 Å². The summed E-state index contributed by atoms with van der Waals surface area (Å²) < 4.78 is 1.09. The molecule has 9 heteroatoms. The first kappa shape index (κ1) is 20.4. The van der Waals surface area contributed by atoms with Crippen molar-refractivity contribution in [3.05, 3.63) is 91.8 Å². The maximum absolute atomic E-state index is 13.1. The van der Waals surface area contributed by atoms with Gasteiger partial charge in [-0.05, 0) is 25.5 Å². The number of benzene rings is 2. The van der Waals surface area contributed by atoms with Crippen molar-refractivity contribution < 1.29 is 10.0 Å². The van der Waals surface area contributed by atoms with E-state index in [1.807, 2.05) is 12.1 Å². The molecule has 0 aliphatic heterocycles. The van der Waals surface area contributed by atoms with Crippen molar-refractivity contribution in [2.24, 2.45) is 10.2 Å². The van der Waals surface area contributed by atoms with Crippen LogP contribution in [0, 0.1) is 28.4 Å². The number of pyridine rings is 1. The summed E-state index contributed by atoms with van der Waals surface area (Å²) in [5, 5.41) is 38.9. The van der Waals surface area contributed by atoms with E-state index in [0.717, 1.165) is 10.1 Å². The zero-order chi connectivity index (χ0) is 21.8. The van der Waals surface area contributed by atoms with Crippen molar-refractivity contribution in [1.82, 2.24) is 4.57 Å². The minimum atomic E-state index is -0.630. The van der Waals surface area contributed by atoms with Crippen LogP contribution < -0.4 is 5.56 Å². The van der Waals surface area contributed by atoms with Crippen LogP contribution in [-0.2, 0) is 0 Å². The van der Waals surface area contributed by atoms with Gasteiger partial charge in [0.15, 0.2) is 5.69 Å². The van der Waals surface area contributed by atoms with Gasteiger partial charge in [0.25, 0.3) is 11.2 Å². The second kappa shape index (κ2) is 8.36. The monoisotopic (exact) mass is 403 g/mol. The second-order valence-electron chi connectivity index (χ2n) is 6.52. The highest BCUT2D eigenvalue weighted by Gasteiger charge is 2.23. The van der Waals surface area contributed by atoms with E-state index < -0.39 is 22.4 Å². The van der Waals surface area contributed by atoms with Crippen molar-refractivity contribution in [3.8, 4) is 11.9 Å². The largest absolute Gasteiger partial charge is 0.493 e. The Morgan fingerprint density at radius 2 is 1.87 bits per heavy atom. The molecule has 1 atom stereocenters. The summed E-state index contributed by atoms with van der Waals surface area (Å²) in [5.41, 5.74) is 0.0902. The van der Waals surface area contributed by atoms with Crippen molar-refractivity contribution in [2.75, 3.05) is 0 Å². The van der Waals surface area contributed by atoms with Crippen LogP contribution in [0.1, 0.15) is 29.7 Å². The van der Waals surface area contributed by atoms with Gasteiger partial charge in [-0.2, -0.15) is 10.4 Å². The topological polar surface area (TPSA) is 134 Å². The number of non-ortho nitro benzene ring substituents is 1. The molecule has 0 fully saturated rings. The number of aromatic nitrogens is 1. The number of hydrogen-bond acceptors (Lipinski definition) is 7. The quantitative estimate of drug-likeness (QED) is 0.375. The fourth-order valence-corrected chi connectivity index (χ4v) is 3.05. The van der Waals surface area contributed by atoms with Gasteiger partial charge in [0.05, 0.1) is 16.7 Å². The molecular weight excluding hydrogens is 386 g/mol. The predicted octanol–water partition coefficient (Wildman–Crippen LogP) is 4.67. The molecule has 1 unspecified atom stereocenters. The van der Waals surface area contributed by atoms with E-state index in [2.05, 4.69) is 10.2 Å². The summed E-state index contributed by atoms with van der Waals surface area (Å²) in [6.45, 7) is 3.20.